The second-order valence-electron chi connectivity index (χ2n) is 9.07. The molecule has 0 aromatic carbocycles. The number of rotatable bonds is 7. The fraction of sp³-hybridized carbons (Fsp3) is 0.280. The lowest BCUT2D eigenvalue weighted by Crippen LogP contribution is -2.19. The Morgan fingerprint density at radius 3 is 2.88 bits per heavy atom. The van der Waals surface area contributed by atoms with Crippen molar-refractivity contribution in [3.63, 3.8) is 0 Å². The number of anilines is 2. The average Bonchev–Trinajstić information content (AvgIpc) is 3.73. The molecule has 4 aromatic heterocycles. The quantitative estimate of drug-likeness (QED) is 0.370. The highest BCUT2D eigenvalue weighted by Gasteiger charge is 2.45. The number of aromatic nitrogens is 4. The zero-order chi connectivity index (χ0) is 23.2. The number of nitrogens with zero attached hydrogens (tertiary/aromatic N) is 3. The summed E-state index contributed by atoms with van der Waals surface area (Å²) in [6.45, 7) is 0.461. The van der Waals surface area contributed by atoms with E-state index in [1.165, 1.54) is 24.5 Å². The topological polar surface area (TPSA) is 104 Å². The molecule has 0 bridgehead atoms. The highest BCUT2D eigenvalue weighted by molar-refractivity contribution is 6.30. The summed E-state index contributed by atoms with van der Waals surface area (Å²) in [4.78, 5) is 36.5. The summed E-state index contributed by atoms with van der Waals surface area (Å²) in [6, 6.07) is 10.9. The Morgan fingerprint density at radius 1 is 1.18 bits per heavy atom. The maximum atomic E-state index is 12.7. The first kappa shape index (κ1) is 20.9. The minimum absolute atomic E-state index is 0.0437. The van der Waals surface area contributed by atoms with E-state index >= 15 is 0 Å². The van der Waals surface area contributed by atoms with Gasteiger partial charge in [0, 0.05) is 59.0 Å². The molecule has 2 atom stereocenters. The van der Waals surface area contributed by atoms with Crippen LogP contribution in [0, 0.1) is 5.92 Å². The monoisotopic (exact) mass is 474 g/mol. The molecule has 3 N–H and O–H groups in total. The third kappa shape index (κ3) is 4.41. The van der Waals surface area contributed by atoms with Gasteiger partial charge in [-0.25, -0.2) is 4.98 Å². The molecule has 9 heteroatoms. The van der Waals surface area contributed by atoms with Crippen molar-refractivity contribution in [1.29, 1.82) is 0 Å². The highest BCUT2D eigenvalue weighted by atomic mass is 35.5. The van der Waals surface area contributed by atoms with Crippen LogP contribution in [0.2, 0.25) is 5.02 Å². The number of fused-ring (bicyclic) bond motifs is 1. The van der Waals surface area contributed by atoms with Gasteiger partial charge in [-0.3, -0.25) is 14.6 Å². The molecular formula is C25H23ClN6O2. The van der Waals surface area contributed by atoms with Gasteiger partial charge in [0.25, 0.3) is 5.56 Å². The van der Waals surface area contributed by atoms with Gasteiger partial charge >= 0.3 is 0 Å². The average molecular weight is 475 g/mol. The van der Waals surface area contributed by atoms with Gasteiger partial charge in [0.15, 0.2) is 0 Å². The van der Waals surface area contributed by atoms with Crippen LogP contribution in [0.5, 0.6) is 0 Å². The van der Waals surface area contributed by atoms with Crippen LogP contribution in [0.1, 0.15) is 48.0 Å². The van der Waals surface area contributed by atoms with E-state index in [-0.39, 0.29) is 23.3 Å². The van der Waals surface area contributed by atoms with Crippen LogP contribution in [0.3, 0.4) is 0 Å². The molecule has 2 saturated carbocycles. The molecule has 0 radical (unpaired) electrons. The van der Waals surface area contributed by atoms with Gasteiger partial charge in [0.05, 0.1) is 12.2 Å². The molecule has 2 aliphatic rings. The Kier molecular flexibility index (Phi) is 5.10. The maximum absolute atomic E-state index is 12.7. The first-order valence-electron chi connectivity index (χ1n) is 11.4. The summed E-state index contributed by atoms with van der Waals surface area (Å²) in [5.41, 5.74) is 4.24. The lowest BCUT2D eigenvalue weighted by molar-refractivity contribution is -0.117. The molecule has 1 unspecified atom stereocenters. The summed E-state index contributed by atoms with van der Waals surface area (Å²) in [5.74, 6) is 0.748. The molecule has 6 rings (SSSR count). The molecule has 4 aromatic rings. The summed E-state index contributed by atoms with van der Waals surface area (Å²) >= 11 is 6.03. The first-order valence-corrected chi connectivity index (χ1v) is 11.8. The summed E-state index contributed by atoms with van der Waals surface area (Å²) in [7, 11) is 0. The smallest absolute Gasteiger partial charge is 0.251 e. The predicted octanol–water partition coefficient (Wildman–Crippen LogP) is 4.30. The van der Waals surface area contributed by atoms with Gasteiger partial charge in [-0.15, -0.1) is 0 Å². The third-order valence-corrected chi connectivity index (χ3v) is 6.63. The normalized spacial score (nSPS) is 19.2. The Labute approximate surface area is 200 Å². The third-order valence-electron chi connectivity index (χ3n) is 6.40. The minimum Gasteiger partial charge on any atom is -0.379 e. The van der Waals surface area contributed by atoms with Gasteiger partial charge < -0.3 is 20.0 Å². The molecule has 4 heterocycles. The van der Waals surface area contributed by atoms with Crippen molar-refractivity contribution in [3.8, 4) is 0 Å². The zero-order valence-electron chi connectivity index (χ0n) is 18.3. The molecule has 0 spiro atoms. The van der Waals surface area contributed by atoms with Crippen LogP contribution in [-0.2, 0) is 11.3 Å². The summed E-state index contributed by atoms with van der Waals surface area (Å²) in [6.07, 6.45) is 9.02. The number of imidazole rings is 1. The molecule has 2 fully saturated rings. The Bertz CT molecular complexity index is 1460. The van der Waals surface area contributed by atoms with E-state index < -0.39 is 0 Å². The molecule has 0 aliphatic heterocycles. The van der Waals surface area contributed by atoms with E-state index in [0.717, 1.165) is 17.0 Å². The van der Waals surface area contributed by atoms with Crippen molar-refractivity contribution in [3.05, 3.63) is 87.3 Å². The number of hydrogen-bond donors (Lipinski definition) is 3. The lowest BCUT2D eigenvalue weighted by atomic mass is 10.2. The number of halogens is 1. The number of carbonyl (C=O) groups is 1. The summed E-state index contributed by atoms with van der Waals surface area (Å²) < 4.78 is 2.05. The minimum atomic E-state index is -0.298. The second kappa shape index (κ2) is 8.29. The number of nitrogens with one attached hydrogen (secondary N) is 3. The van der Waals surface area contributed by atoms with E-state index in [4.69, 9.17) is 11.6 Å². The Hall–Kier alpha value is -3.65. The van der Waals surface area contributed by atoms with Crippen LogP contribution < -0.4 is 16.2 Å². The highest BCUT2D eigenvalue weighted by Crippen LogP contribution is 2.47. The van der Waals surface area contributed by atoms with Crippen molar-refractivity contribution in [2.75, 3.05) is 10.6 Å². The largest absolute Gasteiger partial charge is 0.379 e. The van der Waals surface area contributed by atoms with Crippen molar-refractivity contribution >= 4 is 34.7 Å². The number of aromatic amines is 1. The van der Waals surface area contributed by atoms with Crippen molar-refractivity contribution in [1.82, 2.24) is 19.4 Å². The van der Waals surface area contributed by atoms with E-state index in [1.54, 1.807) is 24.4 Å². The molecule has 0 saturated heterocycles. The number of carbonyl (C=O) groups excluding carboxylic acids is 1. The van der Waals surface area contributed by atoms with Crippen molar-refractivity contribution in [2.24, 2.45) is 5.92 Å². The van der Waals surface area contributed by atoms with Gasteiger partial charge in [0.2, 0.25) is 5.91 Å². The van der Waals surface area contributed by atoms with Crippen LogP contribution in [0.4, 0.5) is 11.5 Å². The van der Waals surface area contributed by atoms with E-state index in [2.05, 4.69) is 42.2 Å². The molecule has 34 heavy (non-hydrogen) atoms. The van der Waals surface area contributed by atoms with Gasteiger partial charge in [-0.2, -0.15) is 0 Å². The lowest BCUT2D eigenvalue weighted by Gasteiger charge is -2.08. The number of pyridine rings is 3. The number of amides is 1. The second-order valence-corrected chi connectivity index (χ2v) is 9.51. The van der Waals surface area contributed by atoms with Gasteiger partial charge in [-0.05, 0) is 48.9 Å². The van der Waals surface area contributed by atoms with Crippen LogP contribution in [-0.4, -0.2) is 25.3 Å². The number of H-pyrrole nitrogens is 1. The van der Waals surface area contributed by atoms with E-state index in [9.17, 15) is 9.59 Å². The Balaban J connectivity index is 1.11. The van der Waals surface area contributed by atoms with Crippen molar-refractivity contribution in [2.45, 2.75) is 37.6 Å². The fourth-order valence-corrected chi connectivity index (χ4v) is 4.54. The molecule has 172 valence electrons. The van der Waals surface area contributed by atoms with Crippen LogP contribution in [0.25, 0.3) is 5.65 Å². The molecule has 1 amide bonds. The zero-order valence-corrected chi connectivity index (χ0v) is 19.0. The van der Waals surface area contributed by atoms with Crippen LogP contribution >= 0.6 is 11.6 Å². The molecular weight excluding hydrogens is 452 g/mol. The van der Waals surface area contributed by atoms with Crippen LogP contribution in [0.15, 0.2) is 59.8 Å². The first-order chi connectivity index (χ1) is 16.5. The maximum Gasteiger partial charge on any atom is 0.251 e. The van der Waals surface area contributed by atoms with E-state index in [0.29, 0.717) is 35.4 Å². The molecule has 8 nitrogen and oxygen atoms in total. The van der Waals surface area contributed by atoms with Crippen molar-refractivity contribution < 1.29 is 4.79 Å². The SMILES string of the molecule is O=C(Nc1cc(NCc2cn3cc(C4CC4)ccc3n2)cc(=O)[nH]1)[C@H]1CC1c1cc(Cl)ccn1. The number of hydrogen-bond acceptors (Lipinski definition) is 5. The Morgan fingerprint density at radius 2 is 2.06 bits per heavy atom. The molecule has 2 aliphatic carbocycles. The standard InChI is InChI=1S/C25H23ClN6O2/c26-16-5-6-27-21(7-16)19-10-20(19)25(34)31-22-8-17(9-24(33)30-22)28-11-18-13-32-12-15(14-1-2-14)3-4-23(32)29-18/h3-9,12-14,19-20H,1-2,10-11H2,(H3,28,30,31,33,34)/t19?,20-/m0/s1. The fourth-order valence-electron chi connectivity index (χ4n) is 4.37. The predicted molar refractivity (Wildman–Crippen MR) is 130 cm³/mol. The van der Waals surface area contributed by atoms with Gasteiger partial charge in [-0.1, -0.05) is 17.7 Å². The summed E-state index contributed by atoms with van der Waals surface area (Å²) in [5, 5.41) is 6.67. The van der Waals surface area contributed by atoms with E-state index in [1.807, 2.05) is 12.3 Å². The van der Waals surface area contributed by atoms with Gasteiger partial charge in [0.1, 0.15) is 11.5 Å².